The van der Waals surface area contributed by atoms with Crippen LogP contribution in [0.5, 0.6) is 0 Å². The van der Waals surface area contributed by atoms with Crippen LogP contribution in [0, 0.1) is 0 Å². The van der Waals surface area contributed by atoms with Crippen LogP contribution in [0.1, 0.15) is 33.6 Å². The van der Waals surface area contributed by atoms with Gasteiger partial charge in [0.2, 0.25) is 0 Å². The third kappa shape index (κ3) is 14.9. The maximum atomic E-state index is 5.85. The van der Waals surface area contributed by atoms with Crippen LogP contribution in [0.2, 0.25) is 12.1 Å². The molecule has 0 saturated carbocycles. The normalized spacial score (nSPS) is 13.0. The largest absolute Gasteiger partial charge is 0.397 e. The van der Waals surface area contributed by atoms with Gasteiger partial charge in [0.15, 0.2) is 0 Å². The van der Waals surface area contributed by atoms with E-state index in [1.807, 2.05) is 38.6 Å². The summed E-state index contributed by atoms with van der Waals surface area (Å²) in [5.74, 6) is 0.870. The maximum absolute atomic E-state index is 5.85. The van der Waals surface area contributed by atoms with E-state index >= 15 is 0 Å². The molecule has 1 atom stereocenters. The standard InChI is InChI=1S/C10H23NO2Si.C7H16O2SSi/c1-4-7-10(11)8-9-14(12-5-2)13-6-3;1-4-11(8-2,9-3)7-5-6-10/h4,7,10,14H,5-6,8-9,11H2,1-3H3;4,10H,1,5-7H2,2-3H3/b7-4-;. The fraction of sp³-hybridized carbons (Fsp3) is 0.765. The highest BCUT2D eigenvalue weighted by Gasteiger charge is 2.30. The lowest BCUT2D eigenvalue weighted by Gasteiger charge is -2.22. The van der Waals surface area contributed by atoms with Crippen molar-refractivity contribution in [3.8, 4) is 0 Å². The molecule has 0 heterocycles. The van der Waals surface area contributed by atoms with Gasteiger partial charge in [-0.3, -0.25) is 0 Å². The van der Waals surface area contributed by atoms with E-state index in [2.05, 4.69) is 19.2 Å². The third-order valence-corrected chi connectivity index (χ3v) is 9.15. The first-order chi connectivity index (χ1) is 12.0. The second-order valence-corrected chi connectivity index (χ2v) is 11.3. The second-order valence-electron chi connectivity index (χ2n) is 5.36. The van der Waals surface area contributed by atoms with Crippen LogP contribution in [-0.4, -0.2) is 57.1 Å². The molecule has 25 heavy (non-hydrogen) atoms. The SMILES string of the molecule is C/C=C\C(N)CC[SiH](OCC)OCC.C=C[Si](CCCS)(OC)OC. The van der Waals surface area contributed by atoms with Crippen molar-refractivity contribution in [2.75, 3.05) is 33.2 Å². The van der Waals surface area contributed by atoms with Crippen LogP contribution < -0.4 is 5.73 Å². The molecular formula is C17H39NO4SSi2. The van der Waals surface area contributed by atoms with E-state index in [1.54, 1.807) is 14.2 Å². The fourth-order valence-electron chi connectivity index (χ4n) is 2.14. The Balaban J connectivity index is 0. The van der Waals surface area contributed by atoms with Gasteiger partial charge >= 0.3 is 17.8 Å². The van der Waals surface area contributed by atoms with Crippen molar-refractivity contribution in [2.24, 2.45) is 5.73 Å². The lowest BCUT2D eigenvalue weighted by molar-refractivity contribution is 0.212. The van der Waals surface area contributed by atoms with Crippen molar-refractivity contribution in [2.45, 2.75) is 51.7 Å². The highest BCUT2D eigenvalue weighted by atomic mass is 32.1. The summed E-state index contributed by atoms with van der Waals surface area (Å²) >= 11 is 4.13. The van der Waals surface area contributed by atoms with Gasteiger partial charge in [-0.1, -0.05) is 12.2 Å². The molecule has 0 amide bonds. The minimum Gasteiger partial charge on any atom is -0.397 e. The fourth-order valence-corrected chi connectivity index (χ4v) is 6.21. The summed E-state index contributed by atoms with van der Waals surface area (Å²) < 4.78 is 21.7. The van der Waals surface area contributed by atoms with Gasteiger partial charge < -0.3 is 23.4 Å². The van der Waals surface area contributed by atoms with E-state index in [0.717, 1.165) is 43.9 Å². The first-order valence-electron chi connectivity index (χ1n) is 8.95. The Bertz CT molecular complexity index is 326. The van der Waals surface area contributed by atoms with Crippen LogP contribution in [0.15, 0.2) is 24.4 Å². The van der Waals surface area contributed by atoms with Gasteiger partial charge in [0.1, 0.15) is 0 Å². The summed E-state index contributed by atoms with van der Waals surface area (Å²) in [5.41, 5.74) is 7.67. The summed E-state index contributed by atoms with van der Waals surface area (Å²) in [5, 5.41) is 0. The molecule has 0 aliphatic rings. The Hall–Kier alpha value is 0.0638. The van der Waals surface area contributed by atoms with Crippen molar-refractivity contribution in [1.82, 2.24) is 0 Å². The highest BCUT2D eigenvalue weighted by Crippen LogP contribution is 2.15. The van der Waals surface area contributed by atoms with Crippen LogP contribution >= 0.6 is 12.6 Å². The van der Waals surface area contributed by atoms with E-state index in [0.29, 0.717) is 0 Å². The van der Waals surface area contributed by atoms with Gasteiger partial charge in [0.25, 0.3) is 0 Å². The number of allylic oxidation sites excluding steroid dienone is 1. The molecule has 0 aromatic heterocycles. The molecule has 0 spiro atoms. The van der Waals surface area contributed by atoms with E-state index in [9.17, 15) is 0 Å². The molecule has 0 aliphatic carbocycles. The summed E-state index contributed by atoms with van der Waals surface area (Å²) in [6.45, 7) is 11.2. The molecule has 0 aliphatic heterocycles. The number of thiol groups is 1. The molecule has 1 unspecified atom stereocenters. The van der Waals surface area contributed by atoms with Crippen LogP contribution in [0.25, 0.3) is 0 Å². The summed E-state index contributed by atoms with van der Waals surface area (Å²) in [6, 6.07) is 2.08. The van der Waals surface area contributed by atoms with E-state index in [1.165, 1.54) is 0 Å². The first kappa shape index (κ1) is 27.3. The van der Waals surface area contributed by atoms with Gasteiger partial charge in [0, 0.05) is 33.5 Å². The van der Waals surface area contributed by atoms with Gasteiger partial charge in [-0.15, -0.1) is 6.58 Å². The smallest absolute Gasteiger partial charge is 0.363 e. The molecule has 0 saturated heterocycles. The summed E-state index contributed by atoms with van der Waals surface area (Å²) in [4.78, 5) is 0. The van der Waals surface area contributed by atoms with Gasteiger partial charge in [-0.25, -0.2) is 0 Å². The van der Waals surface area contributed by atoms with Crippen LogP contribution in [0.3, 0.4) is 0 Å². The predicted molar refractivity (Wildman–Crippen MR) is 116 cm³/mol. The number of hydrogen-bond donors (Lipinski definition) is 2. The minimum absolute atomic E-state index is 0.149. The van der Waals surface area contributed by atoms with Crippen molar-refractivity contribution in [3.05, 3.63) is 24.4 Å². The number of hydrogen-bond acceptors (Lipinski definition) is 6. The predicted octanol–water partition coefficient (Wildman–Crippen LogP) is 3.34. The van der Waals surface area contributed by atoms with Gasteiger partial charge in [0.05, 0.1) is 0 Å². The highest BCUT2D eigenvalue weighted by molar-refractivity contribution is 7.80. The molecule has 2 N–H and O–H groups in total. The lowest BCUT2D eigenvalue weighted by Crippen LogP contribution is -2.37. The average Bonchev–Trinajstić information content (AvgIpc) is 2.63. The van der Waals surface area contributed by atoms with Crippen LogP contribution in [0.4, 0.5) is 0 Å². The molecule has 5 nitrogen and oxygen atoms in total. The third-order valence-electron chi connectivity index (χ3n) is 3.57. The number of nitrogens with two attached hydrogens (primary N) is 1. The van der Waals surface area contributed by atoms with Crippen molar-refractivity contribution >= 4 is 30.5 Å². The quantitative estimate of drug-likeness (QED) is 0.262. The molecule has 0 fully saturated rings. The second kappa shape index (κ2) is 18.8. The molecule has 8 heteroatoms. The molecule has 150 valence electrons. The maximum Gasteiger partial charge on any atom is 0.363 e. The molecule has 0 bridgehead atoms. The molecule has 0 aromatic rings. The Kier molecular flexibility index (Phi) is 20.6. The topological polar surface area (TPSA) is 62.9 Å². The monoisotopic (exact) mass is 409 g/mol. The average molecular weight is 410 g/mol. The number of rotatable bonds is 14. The first-order valence-corrected chi connectivity index (χ1v) is 13.4. The zero-order valence-electron chi connectivity index (χ0n) is 16.7. The van der Waals surface area contributed by atoms with Crippen molar-refractivity contribution in [1.29, 1.82) is 0 Å². The van der Waals surface area contributed by atoms with Crippen molar-refractivity contribution < 1.29 is 17.7 Å². The van der Waals surface area contributed by atoms with Gasteiger partial charge in [-0.2, -0.15) is 12.6 Å². The van der Waals surface area contributed by atoms with Gasteiger partial charge in [-0.05, 0) is 57.2 Å². The van der Waals surface area contributed by atoms with Crippen molar-refractivity contribution in [3.63, 3.8) is 0 Å². The molecule has 0 radical (unpaired) electrons. The molecular weight excluding hydrogens is 370 g/mol. The zero-order valence-corrected chi connectivity index (χ0v) is 19.8. The molecule has 0 rings (SSSR count). The Morgan fingerprint density at radius 2 is 1.76 bits per heavy atom. The van der Waals surface area contributed by atoms with E-state index in [-0.39, 0.29) is 6.04 Å². The van der Waals surface area contributed by atoms with E-state index < -0.39 is 17.8 Å². The Morgan fingerprint density at radius 3 is 2.12 bits per heavy atom. The molecule has 0 aromatic carbocycles. The minimum atomic E-state index is -2.02. The Labute approximate surface area is 163 Å². The zero-order chi connectivity index (χ0) is 19.6. The summed E-state index contributed by atoms with van der Waals surface area (Å²) in [6.07, 6.45) is 5.98. The lowest BCUT2D eigenvalue weighted by atomic mass is 10.2. The summed E-state index contributed by atoms with van der Waals surface area (Å²) in [7, 11) is -0.0992. The van der Waals surface area contributed by atoms with Crippen LogP contribution in [-0.2, 0) is 17.7 Å². The Morgan fingerprint density at radius 1 is 1.20 bits per heavy atom. The van der Waals surface area contributed by atoms with E-state index in [4.69, 9.17) is 23.4 Å².